The third-order valence-corrected chi connectivity index (χ3v) is 2.37. The molecule has 0 aliphatic carbocycles. The second-order valence-electron chi connectivity index (χ2n) is 2.62. The Morgan fingerprint density at radius 3 is 2.80 bits per heavy atom. The normalized spacial score (nSPS) is 9.67. The molecule has 0 bridgehead atoms. The third-order valence-electron chi connectivity index (χ3n) is 1.58. The molecule has 80 valence electrons. The maximum Gasteiger partial charge on any atom is 0.317 e. The van der Waals surface area contributed by atoms with E-state index in [1.54, 1.807) is 19.1 Å². The first-order valence-corrected chi connectivity index (χ1v) is 5.00. The van der Waals surface area contributed by atoms with Gasteiger partial charge in [0, 0.05) is 12.5 Å². The molecular weight excluding hydrogens is 218 g/mol. The second-order valence-corrected chi connectivity index (χ2v) is 3.39. The first-order chi connectivity index (χ1) is 7.15. The number of nitro groups is 1. The van der Waals surface area contributed by atoms with Crippen LogP contribution in [-0.2, 0) is 8.98 Å². The lowest BCUT2D eigenvalue weighted by Crippen LogP contribution is -1.96. The quantitative estimate of drug-likeness (QED) is 0.449. The number of benzene rings is 1. The minimum Gasteiger partial charge on any atom is -0.386 e. The summed E-state index contributed by atoms with van der Waals surface area (Å²) in [5.41, 5.74) is -0.0635. The van der Waals surface area contributed by atoms with Crippen LogP contribution in [0.3, 0.4) is 0 Å². The number of hydrogen-bond donors (Lipinski definition) is 0. The van der Waals surface area contributed by atoms with Gasteiger partial charge in [-0.1, -0.05) is 19.1 Å². The van der Waals surface area contributed by atoms with Crippen molar-refractivity contribution in [2.75, 3.05) is 0 Å². The van der Waals surface area contributed by atoms with E-state index in [9.17, 15) is 14.9 Å². The van der Waals surface area contributed by atoms with Gasteiger partial charge in [0.25, 0.3) is 5.69 Å². The van der Waals surface area contributed by atoms with Gasteiger partial charge in [-0.05, 0) is 6.07 Å². The van der Waals surface area contributed by atoms with Gasteiger partial charge in [0.2, 0.25) is 0 Å². The van der Waals surface area contributed by atoms with Crippen LogP contribution in [0.25, 0.3) is 0 Å². The largest absolute Gasteiger partial charge is 0.386 e. The van der Waals surface area contributed by atoms with Gasteiger partial charge in [0.15, 0.2) is 0 Å². The number of nitro benzene ring substituents is 1. The third kappa shape index (κ3) is 3.25. The lowest BCUT2D eigenvalue weighted by atomic mass is 10.3. The maximum absolute atomic E-state index is 10.9. The van der Waals surface area contributed by atoms with E-state index in [2.05, 4.69) is 0 Å². The molecule has 15 heavy (non-hydrogen) atoms. The van der Waals surface area contributed by atoms with E-state index in [-0.39, 0.29) is 12.1 Å². The molecule has 0 saturated heterocycles. The number of rotatable bonds is 4. The standard InChI is InChI=1S/C9H9NO4S/c1-2-9(11)14-15-8-6-4-3-5-7(8)10(12)13/h3-6H,2H2,1H3. The Kier molecular flexibility index (Phi) is 4.11. The average molecular weight is 227 g/mol. The number of hydrogen-bond acceptors (Lipinski definition) is 5. The predicted octanol–water partition coefficient (Wildman–Crippen LogP) is 2.56. The molecule has 0 radical (unpaired) electrons. The van der Waals surface area contributed by atoms with Gasteiger partial charge in [0.05, 0.1) is 4.92 Å². The van der Waals surface area contributed by atoms with Crippen molar-refractivity contribution in [3.63, 3.8) is 0 Å². The molecular formula is C9H9NO4S. The fraction of sp³-hybridized carbons (Fsp3) is 0.222. The summed E-state index contributed by atoms with van der Waals surface area (Å²) in [6.45, 7) is 1.66. The van der Waals surface area contributed by atoms with Gasteiger partial charge in [-0.25, -0.2) is 0 Å². The number of nitrogens with zero attached hydrogens (tertiary/aromatic N) is 1. The molecule has 0 aliphatic heterocycles. The van der Waals surface area contributed by atoms with E-state index in [0.717, 1.165) is 0 Å². The highest BCUT2D eigenvalue weighted by molar-refractivity contribution is 7.95. The topological polar surface area (TPSA) is 69.4 Å². The summed E-state index contributed by atoms with van der Waals surface area (Å²) in [6.07, 6.45) is 0.244. The zero-order chi connectivity index (χ0) is 11.3. The molecule has 1 aromatic rings. The minimum atomic E-state index is -0.512. The molecule has 0 aliphatic rings. The summed E-state index contributed by atoms with van der Waals surface area (Å²) >= 11 is 0.717. The minimum absolute atomic E-state index is 0.0635. The van der Waals surface area contributed by atoms with Crippen molar-refractivity contribution in [1.29, 1.82) is 0 Å². The zero-order valence-corrected chi connectivity index (χ0v) is 8.82. The summed E-state index contributed by atoms with van der Waals surface area (Å²) in [6, 6.07) is 6.10. The Morgan fingerprint density at radius 1 is 1.53 bits per heavy atom. The lowest BCUT2D eigenvalue weighted by molar-refractivity contribution is -0.387. The van der Waals surface area contributed by atoms with Gasteiger partial charge in [-0.15, -0.1) is 0 Å². The highest BCUT2D eigenvalue weighted by Crippen LogP contribution is 2.29. The molecule has 5 nitrogen and oxygen atoms in total. The van der Waals surface area contributed by atoms with Crippen LogP contribution in [0.15, 0.2) is 29.2 Å². The molecule has 0 heterocycles. The lowest BCUT2D eigenvalue weighted by Gasteiger charge is -2.01. The number of carbonyl (C=O) groups excluding carboxylic acids is 1. The smallest absolute Gasteiger partial charge is 0.317 e. The van der Waals surface area contributed by atoms with Crippen LogP contribution >= 0.6 is 12.0 Å². The molecule has 1 rings (SSSR count). The van der Waals surface area contributed by atoms with Crippen molar-refractivity contribution in [3.8, 4) is 0 Å². The van der Waals surface area contributed by atoms with Crippen LogP contribution in [-0.4, -0.2) is 10.9 Å². The number of carbonyl (C=O) groups is 1. The summed E-state index contributed by atoms with van der Waals surface area (Å²) in [5, 5.41) is 10.6. The van der Waals surface area contributed by atoms with Crippen LogP contribution in [0, 0.1) is 10.1 Å². The Hall–Kier alpha value is -1.56. The van der Waals surface area contributed by atoms with Crippen LogP contribution < -0.4 is 0 Å². The van der Waals surface area contributed by atoms with Crippen LogP contribution in [0.2, 0.25) is 0 Å². The first kappa shape index (κ1) is 11.5. The maximum atomic E-state index is 10.9. The zero-order valence-electron chi connectivity index (χ0n) is 8.00. The first-order valence-electron chi connectivity index (χ1n) is 4.26. The molecule has 1 aromatic carbocycles. The molecule has 6 heteroatoms. The van der Waals surface area contributed by atoms with Crippen molar-refractivity contribution < 1.29 is 13.9 Å². The van der Waals surface area contributed by atoms with E-state index in [0.29, 0.717) is 16.9 Å². The van der Waals surface area contributed by atoms with Gasteiger partial charge in [-0.3, -0.25) is 14.9 Å². The monoisotopic (exact) mass is 227 g/mol. The molecule has 0 N–H and O–H groups in total. The second kappa shape index (κ2) is 5.35. The fourth-order valence-corrected chi connectivity index (χ4v) is 1.49. The van der Waals surface area contributed by atoms with Gasteiger partial charge in [-0.2, -0.15) is 0 Å². The van der Waals surface area contributed by atoms with E-state index < -0.39 is 10.9 Å². The Labute approximate surface area is 90.8 Å². The van der Waals surface area contributed by atoms with Crippen molar-refractivity contribution in [2.24, 2.45) is 0 Å². The van der Waals surface area contributed by atoms with Gasteiger partial charge in [0.1, 0.15) is 16.9 Å². The van der Waals surface area contributed by atoms with E-state index in [1.165, 1.54) is 12.1 Å². The highest BCUT2D eigenvalue weighted by atomic mass is 32.2. The van der Waals surface area contributed by atoms with Crippen LogP contribution in [0.5, 0.6) is 0 Å². The van der Waals surface area contributed by atoms with E-state index in [4.69, 9.17) is 4.18 Å². The van der Waals surface area contributed by atoms with Crippen molar-refractivity contribution >= 4 is 23.7 Å². The van der Waals surface area contributed by atoms with Crippen LogP contribution in [0.1, 0.15) is 13.3 Å². The van der Waals surface area contributed by atoms with E-state index in [1.807, 2.05) is 0 Å². The Bertz CT molecular complexity index is 380. The van der Waals surface area contributed by atoms with E-state index >= 15 is 0 Å². The summed E-state index contributed by atoms with van der Waals surface area (Å²) < 4.78 is 4.74. The van der Waals surface area contributed by atoms with Crippen molar-refractivity contribution in [3.05, 3.63) is 34.4 Å². The van der Waals surface area contributed by atoms with Crippen LogP contribution in [0.4, 0.5) is 5.69 Å². The molecule has 0 atom stereocenters. The van der Waals surface area contributed by atoms with Gasteiger partial charge >= 0.3 is 5.97 Å². The molecule has 0 fully saturated rings. The molecule has 0 aromatic heterocycles. The summed E-state index contributed by atoms with van der Waals surface area (Å²) in [5.74, 6) is -0.404. The number of para-hydroxylation sites is 1. The Balaban J connectivity index is 2.76. The van der Waals surface area contributed by atoms with Gasteiger partial charge < -0.3 is 4.18 Å². The molecule has 0 spiro atoms. The highest BCUT2D eigenvalue weighted by Gasteiger charge is 2.14. The molecule has 0 amide bonds. The molecule has 0 saturated carbocycles. The van der Waals surface area contributed by atoms with Crippen molar-refractivity contribution in [1.82, 2.24) is 0 Å². The average Bonchev–Trinajstić information content (AvgIpc) is 2.26. The SMILES string of the molecule is CCC(=O)OSc1ccccc1[N+](=O)[O-]. The fourth-order valence-electron chi connectivity index (χ4n) is 0.829. The predicted molar refractivity (Wildman–Crippen MR) is 55.3 cm³/mol. The van der Waals surface area contributed by atoms with Crippen molar-refractivity contribution in [2.45, 2.75) is 18.2 Å². The Morgan fingerprint density at radius 2 is 2.20 bits per heavy atom. The summed E-state index contributed by atoms with van der Waals surface area (Å²) in [4.78, 5) is 21.3. The molecule has 0 unspecified atom stereocenters. The summed E-state index contributed by atoms with van der Waals surface area (Å²) in [7, 11) is 0.